The SMILES string of the molecule is CN(C)CCn1ccc2c3c(ccc21)NCC3. The Kier molecular flexibility index (Phi) is 2.56. The number of likely N-dealkylation sites (N-methyl/N-ethyl adjacent to an activating group) is 1. The summed E-state index contributed by atoms with van der Waals surface area (Å²) in [4.78, 5) is 2.22. The van der Waals surface area contributed by atoms with E-state index >= 15 is 0 Å². The summed E-state index contributed by atoms with van der Waals surface area (Å²) in [6, 6.07) is 6.72. The molecule has 0 spiro atoms. The van der Waals surface area contributed by atoms with Crippen LogP contribution < -0.4 is 5.32 Å². The first-order valence-electron chi connectivity index (χ1n) is 6.25. The molecule has 3 nitrogen and oxygen atoms in total. The Bertz CT molecular complexity index is 540. The van der Waals surface area contributed by atoms with Gasteiger partial charge in [-0.15, -0.1) is 0 Å². The van der Waals surface area contributed by atoms with E-state index in [1.807, 2.05) is 0 Å². The van der Waals surface area contributed by atoms with Gasteiger partial charge in [0, 0.05) is 42.4 Å². The van der Waals surface area contributed by atoms with E-state index in [1.165, 1.54) is 22.2 Å². The lowest BCUT2D eigenvalue weighted by atomic mass is 10.1. The summed E-state index contributed by atoms with van der Waals surface area (Å²) in [5.74, 6) is 0. The van der Waals surface area contributed by atoms with Gasteiger partial charge in [-0.25, -0.2) is 0 Å². The fraction of sp³-hybridized carbons (Fsp3) is 0.429. The quantitative estimate of drug-likeness (QED) is 0.870. The number of nitrogens with one attached hydrogen (secondary N) is 1. The highest BCUT2D eigenvalue weighted by Crippen LogP contribution is 2.30. The van der Waals surface area contributed by atoms with E-state index < -0.39 is 0 Å². The van der Waals surface area contributed by atoms with Crippen LogP contribution in [0.2, 0.25) is 0 Å². The van der Waals surface area contributed by atoms with Gasteiger partial charge in [-0.05, 0) is 44.3 Å². The highest BCUT2D eigenvalue weighted by atomic mass is 15.1. The Morgan fingerprint density at radius 3 is 3.00 bits per heavy atom. The first-order valence-corrected chi connectivity index (χ1v) is 6.25. The predicted molar refractivity (Wildman–Crippen MR) is 72.7 cm³/mol. The maximum absolute atomic E-state index is 3.43. The molecule has 0 fully saturated rings. The number of rotatable bonds is 3. The summed E-state index contributed by atoms with van der Waals surface area (Å²) < 4.78 is 2.36. The number of nitrogens with zero attached hydrogens (tertiary/aromatic N) is 2. The first-order chi connectivity index (χ1) is 8.25. The maximum atomic E-state index is 3.43. The van der Waals surface area contributed by atoms with Crippen LogP contribution in [-0.4, -0.2) is 36.7 Å². The molecule has 1 aliphatic heterocycles. The van der Waals surface area contributed by atoms with Crippen LogP contribution in [0.15, 0.2) is 24.4 Å². The van der Waals surface area contributed by atoms with Gasteiger partial charge in [-0.2, -0.15) is 0 Å². The summed E-state index contributed by atoms with van der Waals surface area (Å²) in [5, 5.41) is 4.86. The summed E-state index contributed by atoms with van der Waals surface area (Å²) in [6.07, 6.45) is 3.37. The Morgan fingerprint density at radius 1 is 1.29 bits per heavy atom. The van der Waals surface area contributed by atoms with Gasteiger partial charge in [0.05, 0.1) is 0 Å². The highest BCUT2D eigenvalue weighted by molar-refractivity contribution is 5.89. The van der Waals surface area contributed by atoms with Gasteiger partial charge in [0.2, 0.25) is 0 Å². The van der Waals surface area contributed by atoms with E-state index in [4.69, 9.17) is 0 Å². The van der Waals surface area contributed by atoms with Crippen molar-refractivity contribution < 1.29 is 0 Å². The minimum Gasteiger partial charge on any atom is -0.384 e. The molecule has 2 heterocycles. The predicted octanol–water partition coefficient (Wildman–Crippen LogP) is 2.17. The molecule has 0 radical (unpaired) electrons. The van der Waals surface area contributed by atoms with Crippen molar-refractivity contribution in [2.75, 3.05) is 32.5 Å². The molecule has 0 bridgehead atoms. The van der Waals surface area contributed by atoms with Crippen LogP contribution in [0.3, 0.4) is 0 Å². The molecule has 3 heteroatoms. The second-order valence-corrected chi connectivity index (χ2v) is 5.01. The van der Waals surface area contributed by atoms with Crippen LogP contribution in [0.4, 0.5) is 5.69 Å². The number of hydrogen-bond donors (Lipinski definition) is 1. The third-order valence-electron chi connectivity index (χ3n) is 3.54. The van der Waals surface area contributed by atoms with Crippen molar-refractivity contribution in [2.45, 2.75) is 13.0 Å². The van der Waals surface area contributed by atoms with Crippen molar-refractivity contribution in [1.82, 2.24) is 9.47 Å². The van der Waals surface area contributed by atoms with Crippen LogP contribution >= 0.6 is 0 Å². The van der Waals surface area contributed by atoms with Gasteiger partial charge in [0.1, 0.15) is 0 Å². The van der Waals surface area contributed by atoms with E-state index in [2.05, 4.69) is 53.3 Å². The van der Waals surface area contributed by atoms with Crippen LogP contribution in [-0.2, 0) is 13.0 Å². The number of anilines is 1. The van der Waals surface area contributed by atoms with Crippen LogP contribution in [0.1, 0.15) is 5.56 Å². The molecule has 0 saturated carbocycles. The molecule has 1 aliphatic rings. The van der Waals surface area contributed by atoms with Gasteiger partial charge in [-0.1, -0.05) is 0 Å². The first kappa shape index (κ1) is 10.7. The average molecular weight is 229 g/mol. The fourth-order valence-electron chi connectivity index (χ4n) is 2.59. The lowest BCUT2D eigenvalue weighted by Gasteiger charge is -2.11. The lowest BCUT2D eigenvalue weighted by molar-refractivity contribution is 0.387. The number of aromatic nitrogens is 1. The van der Waals surface area contributed by atoms with Crippen LogP contribution in [0, 0.1) is 0 Å². The second-order valence-electron chi connectivity index (χ2n) is 5.01. The Balaban J connectivity index is 1.99. The number of hydrogen-bond acceptors (Lipinski definition) is 2. The van der Waals surface area contributed by atoms with E-state index in [9.17, 15) is 0 Å². The summed E-state index contributed by atoms with van der Waals surface area (Å²) in [6.45, 7) is 3.22. The third-order valence-corrected chi connectivity index (χ3v) is 3.54. The van der Waals surface area contributed by atoms with Crippen molar-refractivity contribution in [3.8, 4) is 0 Å². The molecule has 2 aromatic rings. The molecule has 1 aromatic heterocycles. The van der Waals surface area contributed by atoms with Crippen molar-refractivity contribution in [2.24, 2.45) is 0 Å². The highest BCUT2D eigenvalue weighted by Gasteiger charge is 2.14. The maximum Gasteiger partial charge on any atom is 0.0485 e. The van der Waals surface area contributed by atoms with Gasteiger partial charge in [0.15, 0.2) is 0 Å². The summed E-state index contributed by atoms with van der Waals surface area (Å²) in [7, 11) is 4.24. The number of benzene rings is 1. The second kappa shape index (κ2) is 4.08. The van der Waals surface area contributed by atoms with Gasteiger partial charge in [-0.3, -0.25) is 0 Å². The Labute approximate surface area is 102 Å². The number of fused-ring (bicyclic) bond motifs is 3. The lowest BCUT2D eigenvalue weighted by Crippen LogP contribution is -2.17. The molecule has 0 atom stereocenters. The van der Waals surface area contributed by atoms with E-state index in [0.717, 1.165) is 26.1 Å². The molecule has 3 rings (SSSR count). The summed E-state index contributed by atoms with van der Waals surface area (Å²) in [5.41, 5.74) is 4.18. The van der Waals surface area contributed by atoms with Crippen LogP contribution in [0.5, 0.6) is 0 Å². The minimum atomic E-state index is 1.06. The standard InChI is InChI=1S/C14H19N3/c1-16(2)9-10-17-8-6-12-11-5-7-15-13(11)3-4-14(12)17/h3-4,6,8,15H,5,7,9-10H2,1-2H3. The summed E-state index contributed by atoms with van der Waals surface area (Å²) >= 11 is 0. The average Bonchev–Trinajstić information content (AvgIpc) is 2.91. The van der Waals surface area contributed by atoms with E-state index in [1.54, 1.807) is 0 Å². The van der Waals surface area contributed by atoms with Crippen molar-refractivity contribution >= 4 is 16.6 Å². The normalized spacial score (nSPS) is 14.3. The zero-order valence-electron chi connectivity index (χ0n) is 10.5. The fourth-order valence-corrected chi connectivity index (χ4v) is 2.59. The zero-order chi connectivity index (χ0) is 11.8. The van der Waals surface area contributed by atoms with E-state index in [0.29, 0.717) is 0 Å². The topological polar surface area (TPSA) is 20.2 Å². The van der Waals surface area contributed by atoms with Gasteiger partial charge < -0.3 is 14.8 Å². The molecule has 1 N–H and O–H groups in total. The Morgan fingerprint density at radius 2 is 2.18 bits per heavy atom. The molecule has 17 heavy (non-hydrogen) atoms. The molecule has 0 amide bonds. The van der Waals surface area contributed by atoms with Crippen LogP contribution in [0.25, 0.3) is 10.9 Å². The van der Waals surface area contributed by atoms with Crippen molar-refractivity contribution in [1.29, 1.82) is 0 Å². The monoisotopic (exact) mass is 229 g/mol. The van der Waals surface area contributed by atoms with E-state index in [-0.39, 0.29) is 0 Å². The zero-order valence-corrected chi connectivity index (χ0v) is 10.5. The molecular weight excluding hydrogens is 210 g/mol. The molecule has 0 unspecified atom stereocenters. The van der Waals surface area contributed by atoms with Crippen molar-refractivity contribution in [3.63, 3.8) is 0 Å². The smallest absolute Gasteiger partial charge is 0.0485 e. The molecular formula is C14H19N3. The molecule has 0 aliphatic carbocycles. The van der Waals surface area contributed by atoms with Gasteiger partial charge in [0.25, 0.3) is 0 Å². The molecule has 90 valence electrons. The third kappa shape index (κ3) is 1.80. The molecule has 0 saturated heterocycles. The van der Waals surface area contributed by atoms with Gasteiger partial charge >= 0.3 is 0 Å². The Hall–Kier alpha value is -1.48. The van der Waals surface area contributed by atoms with Crippen molar-refractivity contribution in [3.05, 3.63) is 30.0 Å². The molecule has 1 aromatic carbocycles. The minimum absolute atomic E-state index is 1.06. The largest absolute Gasteiger partial charge is 0.384 e.